The minimum atomic E-state index is 0.503. The van der Waals surface area contributed by atoms with Crippen LogP contribution in [0.4, 0.5) is 5.82 Å². The Morgan fingerprint density at radius 3 is 2.52 bits per heavy atom. The Balaban J connectivity index is 2.16. The van der Waals surface area contributed by atoms with E-state index in [1.807, 2.05) is 24.7 Å². The van der Waals surface area contributed by atoms with Crippen LogP contribution in [0.25, 0.3) is 16.9 Å². The Morgan fingerprint density at radius 2 is 1.86 bits per heavy atom. The Morgan fingerprint density at radius 1 is 1.14 bits per heavy atom. The van der Waals surface area contributed by atoms with Crippen molar-refractivity contribution in [1.82, 2.24) is 14.5 Å². The average Bonchev–Trinajstić information content (AvgIpc) is 2.93. The molecule has 0 radical (unpaired) electrons. The molecule has 1 aromatic carbocycles. The van der Waals surface area contributed by atoms with Crippen LogP contribution in [0.5, 0.6) is 0 Å². The molecule has 3 rings (SSSR count). The molecule has 0 aliphatic heterocycles. The molecule has 2 N–H and O–H groups in total. The smallest absolute Gasteiger partial charge is 0.123 e. The molecule has 2 heterocycles. The molecular weight excluding hydrogens is 328 g/mol. The van der Waals surface area contributed by atoms with Gasteiger partial charge in [-0.1, -0.05) is 15.9 Å². The predicted molar refractivity (Wildman–Crippen MR) is 88.4 cm³/mol. The highest BCUT2D eigenvalue weighted by molar-refractivity contribution is 9.10. The van der Waals surface area contributed by atoms with Crippen LogP contribution in [0.1, 0.15) is 11.1 Å². The van der Waals surface area contributed by atoms with Crippen LogP contribution in [0.2, 0.25) is 0 Å². The molecule has 0 amide bonds. The van der Waals surface area contributed by atoms with Gasteiger partial charge in [-0.3, -0.25) is 4.57 Å². The van der Waals surface area contributed by atoms with Crippen LogP contribution in [-0.2, 0) is 0 Å². The summed E-state index contributed by atoms with van der Waals surface area (Å²) in [5, 5.41) is 0. The number of imidazole rings is 1. The van der Waals surface area contributed by atoms with Crippen molar-refractivity contribution in [3.8, 4) is 16.9 Å². The van der Waals surface area contributed by atoms with Crippen molar-refractivity contribution in [2.75, 3.05) is 5.73 Å². The van der Waals surface area contributed by atoms with Crippen molar-refractivity contribution in [3.05, 3.63) is 58.6 Å². The van der Waals surface area contributed by atoms with Crippen LogP contribution < -0.4 is 5.73 Å². The van der Waals surface area contributed by atoms with Gasteiger partial charge in [0.05, 0.1) is 18.2 Å². The van der Waals surface area contributed by atoms with Gasteiger partial charge in [-0.05, 0) is 49.2 Å². The quantitative estimate of drug-likeness (QED) is 0.768. The fourth-order valence-corrected chi connectivity index (χ4v) is 2.61. The SMILES string of the molecule is Cc1cc(-n2cncc2-c2ccnc(N)c2)cc(C)c1Br. The number of aromatic nitrogens is 3. The van der Waals surface area contributed by atoms with E-state index in [0.717, 1.165) is 21.4 Å². The Labute approximate surface area is 131 Å². The molecule has 0 aliphatic carbocycles. The number of hydrogen-bond donors (Lipinski definition) is 1. The standard InChI is InChI=1S/C16H15BrN4/c1-10-5-13(6-11(2)16(10)17)21-9-19-8-14(21)12-3-4-20-15(18)7-12/h3-9H,1-2H3,(H2,18,20). The first-order chi connectivity index (χ1) is 10.1. The first kappa shape index (κ1) is 13.8. The molecule has 106 valence electrons. The van der Waals surface area contributed by atoms with E-state index in [2.05, 4.69) is 56.4 Å². The van der Waals surface area contributed by atoms with E-state index in [4.69, 9.17) is 5.73 Å². The van der Waals surface area contributed by atoms with Gasteiger partial charge in [-0.2, -0.15) is 0 Å². The van der Waals surface area contributed by atoms with Gasteiger partial charge in [-0.25, -0.2) is 9.97 Å². The lowest BCUT2D eigenvalue weighted by atomic mass is 10.1. The molecular formula is C16H15BrN4. The molecule has 0 saturated carbocycles. The molecule has 3 aromatic rings. The van der Waals surface area contributed by atoms with Crippen molar-refractivity contribution in [2.24, 2.45) is 0 Å². The maximum atomic E-state index is 5.77. The number of nitrogen functional groups attached to an aromatic ring is 1. The van der Waals surface area contributed by atoms with Crippen LogP contribution in [0, 0.1) is 13.8 Å². The zero-order chi connectivity index (χ0) is 15.0. The summed E-state index contributed by atoms with van der Waals surface area (Å²) in [6.45, 7) is 4.17. The van der Waals surface area contributed by atoms with Crippen molar-refractivity contribution >= 4 is 21.7 Å². The lowest BCUT2D eigenvalue weighted by Crippen LogP contribution is -1.98. The van der Waals surface area contributed by atoms with Gasteiger partial charge in [0.15, 0.2) is 0 Å². The second kappa shape index (κ2) is 5.33. The average molecular weight is 343 g/mol. The van der Waals surface area contributed by atoms with E-state index in [1.54, 1.807) is 6.20 Å². The van der Waals surface area contributed by atoms with E-state index >= 15 is 0 Å². The number of benzene rings is 1. The summed E-state index contributed by atoms with van der Waals surface area (Å²) in [5.74, 6) is 0.503. The van der Waals surface area contributed by atoms with Gasteiger partial charge in [0, 0.05) is 21.9 Å². The molecule has 0 bridgehead atoms. The first-order valence-electron chi connectivity index (χ1n) is 6.57. The molecule has 0 saturated heterocycles. The van der Waals surface area contributed by atoms with E-state index in [-0.39, 0.29) is 0 Å². The fourth-order valence-electron chi connectivity index (χ4n) is 2.38. The maximum Gasteiger partial charge on any atom is 0.123 e. The first-order valence-corrected chi connectivity index (χ1v) is 7.37. The zero-order valence-corrected chi connectivity index (χ0v) is 13.4. The fraction of sp³-hybridized carbons (Fsp3) is 0.125. The van der Waals surface area contributed by atoms with Gasteiger partial charge in [0.2, 0.25) is 0 Å². The third-order valence-corrected chi connectivity index (χ3v) is 4.67. The molecule has 0 aliphatic rings. The van der Waals surface area contributed by atoms with Crippen molar-refractivity contribution in [3.63, 3.8) is 0 Å². The normalized spacial score (nSPS) is 10.8. The van der Waals surface area contributed by atoms with Gasteiger partial charge in [0.25, 0.3) is 0 Å². The third-order valence-electron chi connectivity index (χ3n) is 3.41. The lowest BCUT2D eigenvalue weighted by molar-refractivity contribution is 1.05. The maximum absolute atomic E-state index is 5.77. The number of nitrogens with two attached hydrogens (primary N) is 1. The number of hydrogen-bond acceptors (Lipinski definition) is 3. The third kappa shape index (κ3) is 2.56. The zero-order valence-electron chi connectivity index (χ0n) is 11.8. The minimum Gasteiger partial charge on any atom is -0.384 e. The van der Waals surface area contributed by atoms with Gasteiger partial charge < -0.3 is 5.73 Å². The summed E-state index contributed by atoms with van der Waals surface area (Å²) in [6, 6.07) is 8.05. The summed E-state index contributed by atoms with van der Waals surface area (Å²) in [6.07, 6.45) is 5.36. The summed E-state index contributed by atoms with van der Waals surface area (Å²) in [7, 11) is 0. The van der Waals surface area contributed by atoms with Crippen molar-refractivity contribution < 1.29 is 0 Å². The molecule has 5 heteroatoms. The van der Waals surface area contributed by atoms with Gasteiger partial charge >= 0.3 is 0 Å². The number of rotatable bonds is 2. The van der Waals surface area contributed by atoms with Crippen LogP contribution in [-0.4, -0.2) is 14.5 Å². The predicted octanol–water partition coefficient (Wildman–Crippen LogP) is 3.90. The molecule has 0 atom stereocenters. The summed E-state index contributed by atoms with van der Waals surface area (Å²) in [5.41, 5.74) is 11.2. The largest absolute Gasteiger partial charge is 0.384 e. The highest BCUT2D eigenvalue weighted by Crippen LogP contribution is 2.28. The summed E-state index contributed by atoms with van der Waals surface area (Å²) >= 11 is 3.60. The van der Waals surface area contributed by atoms with Crippen LogP contribution >= 0.6 is 15.9 Å². The highest BCUT2D eigenvalue weighted by atomic mass is 79.9. The monoisotopic (exact) mass is 342 g/mol. The topological polar surface area (TPSA) is 56.7 Å². The van der Waals surface area contributed by atoms with Gasteiger partial charge in [0.1, 0.15) is 5.82 Å². The number of pyridine rings is 1. The molecule has 4 nitrogen and oxygen atoms in total. The highest BCUT2D eigenvalue weighted by Gasteiger charge is 2.10. The second-order valence-corrected chi connectivity index (χ2v) is 5.80. The van der Waals surface area contributed by atoms with Crippen LogP contribution in [0.15, 0.2) is 47.5 Å². The second-order valence-electron chi connectivity index (χ2n) is 5.01. The molecule has 0 spiro atoms. The molecule has 0 fully saturated rings. The Bertz CT molecular complexity index is 785. The molecule has 0 unspecified atom stereocenters. The number of halogens is 1. The van der Waals surface area contributed by atoms with Crippen molar-refractivity contribution in [2.45, 2.75) is 13.8 Å². The number of aryl methyl sites for hydroxylation is 2. The Hall–Kier alpha value is -2.14. The molecule has 2 aromatic heterocycles. The Kier molecular flexibility index (Phi) is 3.51. The lowest BCUT2D eigenvalue weighted by Gasteiger charge is -2.12. The van der Waals surface area contributed by atoms with E-state index in [0.29, 0.717) is 5.82 Å². The van der Waals surface area contributed by atoms with E-state index in [1.165, 1.54) is 11.1 Å². The summed E-state index contributed by atoms with van der Waals surface area (Å²) < 4.78 is 3.20. The van der Waals surface area contributed by atoms with Crippen molar-refractivity contribution in [1.29, 1.82) is 0 Å². The van der Waals surface area contributed by atoms with E-state index < -0.39 is 0 Å². The number of nitrogens with zero attached hydrogens (tertiary/aromatic N) is 3. The van der Waals surface area contributed by atoms with Gasteiger partial charge in [-0.15, -0.1) is 0 Å². The minimum absolute atomic E-state index is 0.503. The van der Waals surface area contributed by atoms with Crippen LogP contribution in [0.3, 0.4) is 0 Å². The number of anilines is 1. The summed E-state index contributed by atoms with van der Waals surface area (Å²) in [4.78, 5) is 8.31. The molecule has 21 heavy (non-hydrogen) atoms. The van der Waals surface area contributed by atoms with E-state index in [9.17, 15) is 0 Å².